The molecule has 26 heavy (non-hydrogen) atoms. The molecule has 1 unspecified atom stereocenters. The fourth-order valence-corrected chi connectivity index (χ4v) is 3.30. The number of thiophene rings is 1. The summed E-state index contributed by atoms with van der Waals surface area (Å²) in [4.78, 5) is 36.9. The lowest BCUT2D eigenvalue weighted by Gasteiger charge is -2.16. The number of nitrogens with one attached hydrogen (secondary N) is 1. The molecular weight excluding hydrogens is 350 g/mol. The third-order valence-corrected chi connectivity index (χ3v) is 5.07. The molecule has 0 aliphatic carbocycles. The van der Waals surface area contributed by atoms with Gasteiger partial charge in [-0.15, -0.1) is 11.3 Å². The van der Waals surface area contributed by atoms with Crippen molar-refractivity contribution in [2.45, 2.75) is 38.6 Å². The molecule has 5 nitrogen and oxygen atoms in total. The van der Waals surface area contributed by atoms with Crippen LogP contribution in [-0.2, 0) is 20.7 Å². The van der Waals surface area contributed by atoms with Gasteiger partial charge in [-0.3, -0.25) is 14.4 Å². The van der Waals surface area contributed by atoms with Crippen LogP contribution in [-0.4, -0.2) is 24.8 Å². The molecule has 0 fully saturated rings. The van der Waals surface area contributed by atoms with Crippen molar-refractivity contribution in [1.29, 1.82) is 0 Å². The summed E-state index contributed by atoms with van der Waals surface area (Å²) in [5.74, 6) is -0.718. The summed E-state index contributed by atoms with van der Waals surface area (Å²) in [7, 11) is 1.32. The molecule has 1 atom stereocenters. The van der Waals surface area contributed by atoms with Gasteiger partial charge in [0.25, 0.3) is 0 Å². The molecule has 2 rings (SSSR count). The standard InChI is InChI=1S/C20H23NO4S/c1-3-14-6-8-15(9-7-14)17(22)10-11-19(23)21-16(13-20(24)25-2)18-5-4-12-26-18/h4-9,12,16H,3,10-11,13H2,1-2H3,(H,21,23). The molecule has 0 bridgehead atoms. The first-order valence-corrected chi connectivity index (χ1v) is 9.43. The number of ketones is 1. The van der Waals surface area contributed by atoms with Crippen LogP contribution in [0.15, 0.2) is 41.8 Å². The summed E-state index contributed by atoms with van der Waals surface area (Å²) in [5, 5.41) is 4.71. The zero-order chi connectivity index (χ0) is 18.9. The van der Waals surface area contributed by atoms with Crippen molar-refractivity contribution >= 4 is 29.0 Å². The van der Waals surface area contributed by atoms with Gasteiger partial charge in [0, 0.05) is 23.3 Å². The number of benzene rings is 1. The second-order valence-electron chi connectivity index (χ2n) is 5.89. The molecular formula is C20H23NO4S. The van der Waals surface area contributed by atoms with Crippen LogP contribution >= 0.6 is 11.3 Å². The van der Waals surface area contributed by atoms with Gasteiger partial charge in [0.15, 0.2) is 5.78 Å². The van der Waals surface area contributed by atoms with Crippen molar-refractivity contribution in [2.75, 3.05) is 7.11 Å². The minimum absolute atomic E-state index is 0.0647. The van der Waals surface area contributed by atoms with Gasteiger partial charge in [-0.1, -0.05) is 37.3 Å². The molecule has 1 aromatic carbocycles. The Hall–Kier alpha value is -2.47. The van der Waals surface area contributed by atoms with Gasteiger partial charge in [-0.25, -0.2) is 0 Å². The summed E-state index contributed by atoms with van der Waals surface area (Å²) < 4.78 is 4.70. The Morgan fingerprint density at radius 2 is 1.85 bits per heavy atom. The lowest BCUT2D eigenvalue weighted by molar-refractivity contribution is -0.141. The normalized spacial score (nSPS) is 11.6. The van der Waals surface area contributed by atoms with Crippen molar-refractivity contribution in [3.63, 3.8) is 0 Å². The average molecular weight is 373 g/mol. The molecule has 0 saturated heterocycles. The molecule has 0 aliphatic rings. The Labute approximate surface area is 157 Å². The lowest BCUT2D eigenvalue weighted by atomic mass is 10.0. The number of methoxy groups -OCH3 is 1. The largest absolute Gasteiger partial charge is 0.469 e. The monoisotopic (exact) mass is 373 g/mol. The second-order valence-corrected chi connectivity index (χ2v) is 6.87. The van der Waals surface area contributed by atoms with Crippen molar-refractivity contribution in [3.8, 4) is 0 Å². The summed E-state index contributed by atoms with van der Waals surface area (Å²) in [6.45, 7) is 2.06. The van der Waals surface area contributed by atoms with Crippen LogP contribution in [0.5, 0.6) is 0 Å². The average Bonchev–Trinajstić information content (AvgIpc) is 3.20. The smallest absolute Gasteiger partial charge is 0.307 e. The highest BCUT2D eigenvalue weighted by atomic mass is 32.1. The maximum Gasteiger partial charge on any atom is 0.307 e. The van der Waals surface area contributed by atoms with Gasteiger partial charge in [0.05, 0.1) is 19.6 Å². The van der Waals surface area contributed by atoms with E-state index in [0.29, 0.717) is 5.56 Å². The number of ether oxygens (including phenoxy) is 1. The van der Waals surface area contributed by atoms with Crippen molar-refractivity contribution in [1.82, 2.24) is 5.32 Å². The summed E-state index contributed by atoms with van der Waals surface area (Å²) in [6, 6.07) is 10.7. The fourth-order valence-electron chi connectivity index (χ4n) is 2.53. The molecule has 6 heteroatoms. The molecule has 0 spiro atoms. The van der Waals surface area contributed by atoms with Crippen molar-refractivity contribution in [3.05, 3.63) is 57.8 Å². The van der Waals surface area contributed by atoms with Gasteiger partial charge < -0.3 is 10.1 Å². The van der Waals surface area contributed by atoms with Crippen LogP contribution < -0.4 is 5.32 Å². The second kappa shape index (κ2) is 9.87. The number of Topliss-reactive ketones (excluding diaryl/α,β-unsaturated/α-hetero) is 1. The molecule has 2 aromatic rings. The predicted molar refractivity (Wildman–Crippen MR) is 101 cm³/mol. The van der Waals surface area contributed by atoms with Crippen molar-refractivity contribution in [2.24, 2.45) is 0 Å². The number of hydrogen-bond donors (Lipinski definition) is 1. The Bertz CT molecular complexity index is 738. The quantitative estimate of drug-likeness (QED) is 0.537. The van der Waals surface area contributed by atoms with Crippen molar-refractivity contribution < 1.29 is 19.1 Å². The maximum atomic E-state index is 12.2. The van der Waals surface area contributed by atoms with Crippen LogP contribution in [0.2, 0.25) is 0 Å². The summed E-state index contributed by atoms with van der Waals surface area (Å²) >= 11 is 1.46. The molecule has 1 amide bonds. The Morgan fingerprint density at radius 3 is 2.42 bits per heavy atom. The highest BCUT2D eigenvalue weighted by Crippen LogP contribution is 2.22. The topological polar surface area (TPSA) is 72.5 Å². The van der Waals surface area contributed by atoms with E-state index in [-0.39, 0.29) is 31.0 Å². The van der Waals surface area contributed by atoms with E-state index in [4.69, 9.17) is 4.74 Å². The molecule has 138 valence electrons. The van der Waals surface area contributed by atoms with E-state index < -0.39 is 12.0 Å². The van der Waals surface area contributed by atoms with E-state index in [1.165, 1.54) is 24.0 Å². The van der Waals surface area contributed by atoms with Crippen LogP contribution in [0.25, 0.3) is 0 Å². The summed E-state index contributed by atoms with van der Waals surface area (Å²) in [5.41, 5.74) is 1.78. The lowest BCUT2D eigenvalue weighted by Crippen LogP contribution is -2.30. The number of aryl methyl sites for hydroxylation is 1. The van der Waals surface area contributed by atoms with Crippen LogP contribution in [0.1, 0.15) is 53.0 Å². The fraction of sp³-hybridized carbons (Fsp3) is 0.350. The van der Waals surface area contributed by atoms with Gasteiger partial charge >= 0.3 is 5.97 Å². The SMILES string of the molecule is CCc1ccc(C(=O)CCC(=O)NC(CC(=O)OC)c2cccs2)cc1. The molecule has 0 saturated carbocycles. The molecule has 1 aromatic heterocycles. The van der Waals surface area contributed by atoms with Gasteiger partial charge in [-0.2, -0.15) is 0 Å². The zero-order valence-electron chi connectivity index (χ0n) is 15.0. The van der Waals surface area contributed by atoms with E-state index in [0.717, 1.165) is 11.3 Å². The first kappa shape index (κ1) is 19.8. The minimum Gasteiger partial charge on any atom is -0.469 e. The molecule has 1 N–H and O–H groups in total. The number of hydrogen-bond acceptors (Lipinski definition) is 5. The van der Waals surface area contributed by atoms with E-state index >= 15 is 0 Å². The van der Waals surface area contributed by atoms with Crippen LogP contribution in [0, 0.1) is 0 Å². The number of carbonyl (C=O) groups excluding carboxylic acids is 3. The van der Waals surface area contributed by atoms with Crippen LogP contribution in [0.3, 0.4) is 0 Å². The minimum atomic E-state index is -0.436. The highest BCUT2D eigenvalue weighted by molar-refractivity contribution is 7.10. The Morgan fingerprint density at radius 1 is 1.12 bits per heavy atom. The Kier molecular flexibility index (Phi) is 7.53. The third kappa shape index (κ3) is 5.81. The first-order valence-electron chi connectivity index (χ1n) is 8.55. The van der Waals surface area contributed by atoms with E-state index in [1.807, 2.05) is 29.6 Å². The number of amides is 1. The predicted octanol–water partition coefficient (Wildman–Crippen LogP) is 3.69. The summed E-state index contributed by atoms with van der Waals surface area (Å²) in [6.07, 6.45) is 1.19. The van der Waals surface area contributed by atoms with Gasteiger partial charge in [0.1, 0.15) is 0 Å². The Balaban J connectivity index is 1.90. The zero-order valence-corrected chi connectivity index (χ0v) is 15.8. The number of rotatable bonds is 9. The first-order chi connectivity index (χ1) is 12.5. The van der Waals surface area contributed by atoms with E-state index in [2.05, 4.69) is 12.2 Å². The number of esters is 1. The molecule has 1 heterocycles. The van der Waals surface area contributed by atoms with E-state index in [9.17, 15) is 14.4 Å². The molecule has 0 aliphatic heterocycles. The van der Waals surface area contributed by atoms with Gasteiger partial charge in [0.2, 0.25) is 5.91 Å². The third-order valence-electron chi connectivity index (χ3n) is 4.08. The molecule has 0 radical (unpaired) electrons. The maximum absolute atomic E-state index is 12.2. The number of carbonyl (C=O) groups is 3. The van der Waals surface area contributed by atoms with Gasteiger partial charge in [-0.05, 0) is 23.4 Å². The van der Waals surface area contributed by atoms with E-state index in [1.54, 1.807) is 12.1 Å². The highest BCUT2D eigenvalue weighted by Gasteiger charge is 2.20. The van der Waals surface area contributed by atoms with Crippen LogP contribution in [0.4, 0.5) is 0 Å².